The van der Waals surface area contributed by atoms with Crippen LogP contribution in [0.15, 0.2) is 18.2 Å². The van der Waals surface area contributed by atoms with E-state index in [4.69, 9.17) is 5.26 Å². The number of benzene rings is 1. The number of hydrogen-bond donors (Lipinski definition) is 0. The van der Waals surface area contributed by atoms with Gasteiger partial charge in [-0.1, -0.05) is 0 Å². The van der Waals surface area contributed by atoms with Crippen LogP contribution in [-0.4, -0.2) is 37.0 Å². The predicted octanol–water partition coefficient (Wildman–Crippen LogP) is 2.25. The van der Waals surface area contributed by atoms with E-state index in [0.29, 0.717) is 31.9 Å². The van der Waals surface area contributed by atoms with E-state index < -0.39 is 11.7 Å². The van der Waals surface area contributed by atoms with Gasteiger partial charge in [-0.25, -0.2) is 0 Å². The van der Waals surface area contributed by atoms with Crippen LogP contribution in [0.5, 0.6) is 0 Å². The van der Waals surface area contributed by atoms with E-state index in [1.165, 1.54) is 19.1 Å². The second kappa shape index (κ2) is 5.64. The minimum atomic E-state index is -4.53. The molecule has 1 aromatic rings. The Morgan fingerprint density at radius 1 is 1.24 bits per heavy atom. The summed E-state index contributed by atoms with van der Waals surface area (Å²) in [5, 5.41) is 8.90. The van der Waals surface area contributed by atoms with E-state index in [1.807, 2.05) is 4.90 Å². The van der Waals surface area contributed by atoms with Crippen molar-refractivity contribution in [1.82, 2.24) is 4.90 Å². The zero-order valence-corrected chi connectivity index (χ0v) is 11.4. The lowest BCUT2D eigenvalue weighted by Gasteiger charge is -2.35. The molecule has 0 aromatic heterocycles. The monoisotopic (exact) mass is 297 g/mol. The highest BCUT2D eigenvalue weighted by Gasteiger charge is 2.34. The molecule has 1 saturated heterocycles. The lowest BCUT2D eigenvalue weighted by atomic mass is 10.1. The maximum absolute atomic E-state index is 12.7. The van der Waals surface area contributed by atoms with Crippen LogP contribution < -0.4 is 4.90 Å². The number of hydrogen-bond acceptors (Lipinski definition) is 3. The fourth-order valence-electron chi connectivity index (χ4n) is 2.35. The molecule has 0 atom stereocenters. The number of nitriles is 1. The van der Waals surface area contributed by atoms with Gasteiger partial charge in [-0.3, -0.25) is 4.79 Å². The van der Waals surface area contributed by atoms with Crippen LogP contribution in [0.1, 0.15) is 18.1 Å². The number of alkyl halides is 3. The first-order valence-electron chi connectivity index (χ1n) is 6.44. The van der Waals surface area contributed by atoms with Crippen molar-refractivity contribution < 1.29 is 18.0 Å². The Labute approximate surface area is 120 Å². The molecule has 0 aliphatic carbocycles. The molecule has 4 nitrogen and oxygen atoms in total. The van der Waals surface area contributed by atoms with Crippen LogP contribution in [-0.2, 0) is 11.0 Å². The highest BCUT2D eigenvalue weighted by Crippen LogP contribution is 2.33. The third-order valence-electron chi connectivity index (χ3n) is 3.52. The van der Waals surface area contributed by atoms with Gasteiger partial charge in [0.1, 0.15) is 0 Å². The Hall–Kier alpha value is -2.23. The number of halogens is 3. The molecule has 0 radical (unpaired) electrons. The fraction of sp³-hybridized carbons (Fsp3) is 0.429. The Bertz CT molecular complexity index is 584. The largest absolute Gasteiger partial charge is 0.417 e. The van der Waals surface area contributed by atoms with E-state index >= 15 is 0 Å². The second-order valence-corrected chi connectivity index (χ2v) is 4.83. The smallest absolute Gasteiger partial charge is 0.368 e. The molecule has 1 fully saturated rings. The first kappa shape index (κ1) is 15.2. The third-order valence-corrected chi connectivity index (χ3v) is 3.52. The Balaban J connectivity index is 2.20. The molecule has 1 aliphatic rings. The summed E-state index contributed by atoms with van der Waals surface area (Å²) < 4.78 is 38.2. The SMILES string of the molecule is CC(=O)N1CCN(c2ccc(C(F)(F)F)c(C#N)c2)CC1. The number of rotatable bonds is 1. The van der Waals surface area contributed by atoms with Gasteiger partial charge in [-0.2, -0.15) is 18.4 Å². The summed E-state index contributed by atoms with van der Waals surface area (Å²) in [4.78, 5) is 14.8. The molecule has 0 saturated carbocycles. The minimum absolute atomic E-state index is 0.0141. The molecule has 112 valence electrons. The quantitative estimate of drug-likeness (QED) is 0.798. The van der Waals surface area contributed by atoms with Crippen molar-refractivity contribution in [2.24, 2.45) is 0 Å². The summed E-state index contributed by atoms with van der Waals surface area (Å²) in [5.41, 5.74) is -0.729. The first-order chi connectivity index (χ1) is 9.82. The van der Waals surface area contributed by atoms with Gasteiger partial charge in [0.15, 0.2) is 0 Å². The van der Waals surface area contributed by atoms with Gasteiger partial charge in [-0.05, 0) is 18.2 Å². The number of amides is 1. The number of anilines is 1. The highest BCUT2D eigenvalue weighted by atomic mass is 19.4. The second-order valence-electron chi connectivity index (χ2n) is 4.83. The van der Waals surface area contributed by atoms with Crippen molar-refractivity contribution in [2.45, 2.75) is 13.1 Å². The average molecular weight is 297 g/mol. The van der Waals surface area contributed by atoms with E-state index in [9.17, 15) is 18.0 Å². The molecule has 21 heavy (non-hydrogen) atoms. The zero-order chi connectivity index (χ0) is 15.6. The minimum Gasteiger partial charge on any atom is -0.368 e. The van der Waals surface area contributed by atoms with E-state index in [-0.39, 0.29) is 11.5 Å². The third kappa shape index (κ3) is 3.27. The van der Waals surface area contributed by atoms with Crippen LogP contribution in [0.4, 0.5) is 18.9 Å². The number of piperazine rings is 1. The number of carbonyl (C=O) groups excluding carboxylic acids is 1. The van der Waals surface area contributed by atoms with Gasteiger partial charge >= 0.3 is 6.18 Å². The standard InChI is InChI=1S/C14H14F3N3O/c1-10(21)19-4-6-20(7-5-19)12-2-3-13(14(15,16)17)11(8-12)9-18/h2-3,8H,4-7H2,1H3. The summed E-state index contributed by atoms with van der Waals surface area (Å²) in [6.45, 7) is 3.61. The van der Waals surface area contributed by atoms with Gasteiger partial charge in [0.25, 0.3) is 0 Å². The first-order valence-corrected chi connectivity index (χ1v) is 6.44. The predicted molar refractivity (Wildman–Crippen MR) is 70.6 cm³/mol. The topological polar surface area (TPSA) is 47.3 Å². The van der Waals surface area contributed by atoms with Gasteiger partial charge in [0.05, 0.1) is 17.2 Å². The maximum Gasteiger partial charge on any atom is 0.417 e. The Kier molecular flexibility index (Phi) is 4.07. The summed E-state index contributed by atoms with van der Waals surface area (Å²) in [6, 6.07) is 5.16. The summed E-state index contributed by atoms with van der Waals surface area (Å²) >= 11 is 0. The van der Waals surface area contributed by atoms with Gasteiger partial charge in [0, 0.05) is 38.8 Å². The number of nitrogens with zero attached hydrogens (tertiary/aromatic N) is 3. The van der Waals surface area contributed by atoms with Gasteiger partial charge in [-0.15, -0.1) is 0 Å². The van der Waals surface area contributed by atoms with Crippen molar-refractivity contribution >= 4 is 11.6 Å². The number of carbonyl (C=O) groups is 1. The fourth-order valence-corrected chi connectivity index (χ4v) is 2.35. The van der Waals surface area contributed by atoms with E-state index in [0.717, 1.165) is 6.07 Å². The molecule has 2 rings (SSSR count). The molecule has 0 spiro atoms. The van der Waals surface area contributed by atoms with Crippen molar-refractivity contribution in [1.29, 1.82) is 5.26 Å². The van der Waals surface area contributed by atoms with Gasteiger partial charge < -0.3 is 9.80 Å². The molecule has 7 heteroatoms. The van der Waals surface area contributed by atoms with Crippen LogP contribution in [0.2, 0.25) is 0 Å². The molecular formula is C14H14F3N3O. The lowest BCUT2D eigenvalue weighted by molar-refractivity contribution is -0.137. The lowest BCUT2D eigenvalue weighted by Crippen LogP contribution is -2.48. The van der Waals surface area contributed by atoms with Crippen LogP contribution in [0.25, 0.3) is 0 Å². The van der Waals surface area contributed by atoms with E-state index in [1.54, 1.807) is 11.0 Å². The van der Waals surface area contributed by atoms with E-state index in [2.05, 4.69) is 0 Å². The van der Waals surface area contributed by atoms with Gasteiger partial charge in [0.2, 0.25) is 5.91 Å². The van der Waals surface area contributed by atoms with Crippen molar-refractivity contribution in [3.8, 4) is 6.07 Å². The normalized spacial score (nSPS) is 15.8. The van der Waals surface area contributed by atoms with Crippen LogP contribution in [0, 0.1) is 11.3 Å². The molecule has 0 N–H and O–H groups in total. The maximum atomic E-state index is 12.7. The average Bonchev–Trinajstić information content (AvgIpc) is 2.45. The molecule has 1 aromatic carbocycles. The summed E-state index contributed by atoms with van der Waals surface area (Å²) in [7, 11) is 0. The van der Waals surface area contributed by atoms with Crippen molar-refractivity contribution in [3.05, 3.63) is 29.3 Å². The summed E-state index contributed by atoms with van der Waals surface area (Å²) in [6.07, 6.45) is -4.53. The molecule has 0 bridgehead atoms. The van der Waals surface area contributed by atoms with Crippen molar-refractivity contribution in [2.75, 3.05) is 31.1 Å². The molecule has 1 aliphatic heterocycles. The summed E-state index contributed by atoms with van der Waals surface area (Å²) in [5.74, 6) is -0.0141. The Morgan fingerprint density at radius 2 is 1.86 bits per heavy atom. The highest BCUT2D eigenvalue weighted by molar-refractivity contribution is 5.73. The Morgan fingerprint density at radius 3 is 2.33 bits per heavy atom. The zero-order valence-electron chi connectivity index (χ0n) is 11.4. The molecular weight excluding hydrogens is 283 g/mol. The van der Waals surface area contributed by atoms with Crippen LogP contribution in [0.3, 0.4) is 0 Å². The van der Waals surface area contributed by atoms with Crippen molar-refractivity contribution in [3.63, 3.8) is 0 Å². The molecule has 1 heterocycles. The van der Waals surface area contributed by atoms with Crippen LogP contribution >= 0.6 is 0 Å². The molecule has 1 amide bonds. The molecule has 0 unspecified atom stereocenters.